The number of urea groups is 1. The van der Waals surface area contributed by atoms with Crippen LogP contribution in [0.3, 0.4) is 0 Å². The van der Waals surface area contributed by atoms with Crippen LogP contribution in [0.2, 0.25) is 0 Å². The van der Waals surface area contributed by atoms with E-state index in [4.69, 9.17) is 4.99 Å². The van der Waals surface area contributed by atoms with Crippen molar-refractivity contribution in [3.05, 3.63) is 54.1 Å². The van der Waals surface area contributed by atoms with Crippen LogP contribution in [0, 0.1) is 11.8 Å². The summed E-state index contributed by atoms with van der Waals surface area (Å²) in [5.41, 5.74) is 4.66. The molecule has 3 aliphatic rings. The van der Waals surface area contributed by atoms with E-state index in [0.29, 0.717) is 12.2 Å². The maximum atomic E-state index is 14.0. The Labute approximate surface area is 238 Å². The third kappa shape index (κ3) is 6.66. The minimum absolute atomic E-state index is 0.189. The van der Waals surface area contributed by atoms with Crippen LogP contribution in [0.15, 0.2) is 53.5 Å². The Balaban J connectivity index is 1.40. The van der Waals surface area contributed by atoms with E-state index in [-0.39, 0.29) is 17.7 Å². The van der Waals surface area contributed by atoms with Gasteiger partial charge in [-0.25, -0.2) is 4.79 Å². The average Bonchev–Trinajstić information content (AvgIpc) is 3.28. The smallest absolute Gasteiger partial charge is 0.321 e. The van der Waals surface area contributed by atoms with Crippen LogP contribution in [-0.4, -0.2) is 68.5 Å². The zero-order valence-electron chi connectivity index (χ0n) is 24.2. The van der Waals surface area contributed by atoms with E-state index in [1.165, 1.54) is 12.8 Å². The molecule has 3 amide bonds. The van der Waals surface area contributed by atoms with Gasteiger partial charge in [0.15, 0.2) is 0 Å². The molecule has 1 aliphatic carbocycles. The minimum atomic E-state index is -0.981. The van der Waals surface area contributed by atoms with E-state index in [1.807, 2.05) is 41.3 Å². The summed E-state index contributed by atoms with van der Waals surface area (Å²) >= 11 is 0. The lowest BCUT2D eigenvalue weighted by atomic mass is 9.89. The van der Waals surface area contributed by atoms with E-state index < -0.39 is 12.2 Å². The van der Waals surface area contributed by atoms with Crippen molar-refractivity contribution < 1.29 is 9.59 Å². The first-order valence-corrected chi connectivity index (χ1v) is 15.0. The lowest BCUT2D eigenvalue weighted by Gasteiger charge is -2.34. The topological polar surface area (TPSA) is 80.3 Å². The Morgan fingerprint density at radius 2 is 1.70 bits per heavy atom. The fourth-order valence-electron chi connectivity index (χ4n) is 6.12. The van der Waals surface area contributed by atoms with Gasteiger partial charge in [0.2, 0.25) is 6.17 Å². The summed E-state index contributed by atoms with van der Waals surface area (Å²) in [4.78, 5) is 38.8. The van der Waals surface area contributed by atoms with Crippen molar-refractivity contribution in [3.8, 4) is 0 Å². The second-order valence-electron chi connectivity index (χ2n) is 11.9. The van der Waals surface area contributed by atoms with E-state index in [0.717, 1.165) is 74.5 Å². The number of fused-ring (bicyclic) bond motifs is 1. The monoisotopic (exact) mass is 544 g/mol. The number of hydrogen-bond donors (Lipinski definition) is 2. The average molecular weight is 545 g/mol. The number of rotatable bonds is 6. The predicted molar refractivity (Wildman–Crippen MR) is 163 cm³/mol. The molecule has 1 saturated carbocycles. The van der Waals surface area contributed by atoms with E-state index in [2.05, 4.69) is 53.5 Å². The van der Waals surface area contributed by atoms with Gasteiger partial charge in [0.1, 0.15) is 0 Å². The number of carbonyl (C=O) groups is 2. The van der Waals surface area contributed by atoms with Crippen LogP contribution in [0.25, 0.3) is 0 Å². The molecule has 2 heterocycles. The number of para-hydroxylation sites is 1. The molecule has 5 rings (SSSR count). The standard InChI is InChI=1S/C32H44N6O2/c1-23(2)22-38-28-16-9-8-15-27(28)29(24-11-6-4-5-7-12-24)34-30(31(38)39)35-32(40)33-25-13-10-14-26(21-25)37-19-17-36(3)18-20-37/h8-10,13-16,21,23-24,30H,4-7,11-12,17-20,22H2,1-3H3,(H2,33,35,40)/t30-/m0/s1. The minimum Gasteiger partial charge on any atom is -0.369 e. The van der Waals surface area contributed by atoms with Crippen molar-refractivity contribution in [1.82, 2.24) is 10.2 Å². The molecule has 2 aliphatic heterocycles. The number of amides is 3. The van der Waals surface area contributed by atoms with Gasteiger partial charge in [0.05, 0.1) is 11.4 Å². The van der Waals surface area contributed by atoms with Gasteiger partial charge in [-0.2, -0.15) is 0 Å². The molecule has 8 nitrogen and oxygen atoms in total. The summed E-state index contributed by atoms with van der Waals surface area (Å²) in [6.07, 6.45) is 5.94. The van der Waals surface area contributed by atoms with Crippen LogP contribution in [0.5, 0.6) is 0 Å². The maximum Gasteiger partial charge on any atom is 0.321 e. The first-order valence-electron chi connectivity index (χ1n) is 15.0. The zero-order chi connectivity index (χ0) is 28.1. The lowest BCUT2D eigenvalue weighted by Crippen LogP contribution is -2.49. The predicted octanol–water partition coefficient (Wildman–Crippen LogP) is 5.35. The molecule has 2 aromatic rings. The van der Waals surface area contributed by atoms with Crippen molar-refractivity contribution in [1.29, 1.82) is 0 Å². The normalized spacial score (nSPS) is 20.9. The van der Waals surface area contributed by atoms with Crippen LogP contribution < -0.4 is 20.4 Å². The van der Waals surface area contributed by atoms with Crippen molar-refractivity contribution in [3.63, 3.8) is 0 Å². The van der Waals surface area contributed by atoms with Crippen molar-refractivity contribution in [2.45, 2.75) is 58.5 Å². The Kier molecular flexibility index (Phi) is 9.04. The molecule has 2 aromatic carbocycles. The number of anilines is 3. The molecule has 1 saturated heterocycles. The van der Waals surface area contributed by atoms with E-state index in [1.54, 1.807) is 0 Å². The molecule has 0 bridgehead atoms. The number of aliphatic imine (C=N–C) groups is 1. The van der Waals surface area contributed by atoms with Crippen LogP contribution >= 0.6 is 0 Å². The molecular weight excluding hydrogens is 500 g/mol. The van der Waals surface area contributed by atoms with Crippen LogP contribution in [0.4, 0.5) is 21.9 Å². The summed E-state index contributed by atoms with van der Waals surface area (Å²) in [5.74, 6) is 0.359. The first kappa shape index (κ1) is 28.1. The van der Waals surface area contributed by atoms with Gasteiger partial charge in [0, 0.05) is 55.6 Å². The summed E-state index contributed by atoms with van der Waals surface area (Å²) in [5, 5.41) is 5.91. The highest BCUT2D eigenvalue weighted by Crippen LogP contribution is 2.34. The van der Waals surface area contributed by atoms with Gasteiger partial charge in [0.25, 0.3) is 5.91 Å². The third-order valence-electron chi connectivity index (χ3n) is 8.27. The number of nitrogens with zero attached hydrogens (tertiary/aromatic N) is 4. The fourth-order valence-corrected chi connectivity index (χ4v) is 6.12. The maximum absolute atomic E-state index is 14.0. The van der Waals surface area contributed by atoms with E-state index in [9.17, 15) is 9.59 Å². The highest BCUT2D eigenvalue weighted by Gasteiger charge is 2.35. The first-order chi connectivity index (χ1) is 19.4. The Morgan fingerprint density at radius 3 is 2.42 bits per heavy atom. The number of piperazine rings is 1. The van der Waals surface area contributed by atoms with Gasteiger partial charge in [-0.3, -0.25) is 9.79 Å². The molecule has 40 heavy (non-hydrogen) atoms. The molecule has 214 valence electrons. The Morgan fingerprint density at radius 1 is 0.975 bits per heavy atom. The SMILES string of the molecule is CC(C)CN1C(=O)[C@H](NC(=O)Nc2cccc(N3CCN(C)CC3)c2)N=C(C2CCCCCC2)c2ccccc21. The number of nitrogens with one attached hydrogen (secondary N) is 2. The number of benzodiazepines with no additional fused rings is 1. The molecule has 0 aromatic heterocycles. The number of carbonyl (C=O) groups excluding carboxylic acids is 2. The van der Waals surface area contributed by atoms with Crippen LogP contribution in [0.1, 0.15) is 57.9 Å². The Bertz CT molecular complexity index is 1210. The highest BCUT2D eigenvalue weighted by molar-refractivity contribution is 6.14. The van der Waals surface area contributed by atoms with Gasteiger partial charge in [-0.05, 0) is 50.1 Å². The highest BCUT2D eigenvalue weighted by atomic mass is 16.2. The lowest BCUT2D eigenvalue weighted by molar-refractivity contribution is -0.120. The molecular formula is C32H44N6O2. The zero-order valence-corrected chi connectivity index (χ0v) is 24.2. The molecule has 2 fully saturated rings. The summed E-state index contributed by atoms with van der Waals surface area (Å²) in [6.45, 7) is 8.71. The van der Waals surface area contributed by atoms with Gasteiger partial charge in [-0.15, -0.1) is 0 Å². The quantitative estimate of drug-likeness (QED) is 0.481. The van der Waals surface area contributed by atoms with Crippen molar-refractivity contribution >= 4 is 34.7 Å². The third-order valence-corrected chi connectivity index (χ3v) is 8.27. The van der Waals surface area contributed by atoms with Gasteiger partial charge < -0.3 is 25.3 Å². The molecule has 2 N–H and O–H groups in total. The number of benzene rings is 2. The summed E-state index contributed by atoms with van der Waals surface area (Å²) in [7, 11) is 2.14. The summed E-state index contributed by atoms with van der Waals surface area (Å²) in [6, 6.07) is 15.6. The van der Waals surface area contributed by atoms with Gasteiger partial charge >= 0.3 is 6.03 Å². The molecule has 1 atom stereocenters. The van der Waals surface area contributed by atoms with Crippen molar-refractivity contribution in [2.75, 3.05) is 54.9 Å². The number of likely N-dealkylation sites (N-methyl/N-ethyl adjacent to an activating group) is 1. The van der Waals surface area contributed by atoms with Gasteiger partial charge in [-0.1, -0.05) is 63.8 Å². The Hall–Kier alpha value is -3.39. The second kappa shape index (κ2) is 12.9. The largest absolute Gasteiger partial charge is 0.369 e. The summed E-state index contributed by atoms with van der Waals surface area (Å²) < 4.78 is 0. The molecule has 0 unspecified atom stereocenters. The molecule has 0 radical (unpaired) electrons. The second-order valence-corrected chi connectivity index (χ2v) is 11.9. The number of hydrogen-bond acceptors (Lipinski definition) is 5. The molecule has 0 spiro atoms. The molecule has 8 heteroatoms. The fraction of sp³-hybridized carbons (Fsp3) is 0.531. The van der Waals surface area contributed by atoms with E-state index >= 15 is 0 Å². The van der Waals surface area contributed by atoms with Crippen molar-refractivity contribution in [2.24, 2.45) is 16.8 Å². The van der Waals surface area contributed by atoms with Crippen LogP contribution in [-0.2, 0) is 4.79 Å².